The van der Waals surface area contributed by atoms with Gasteiger partial charge in [0, 0.05) is 29.3 Å². The standard InChI is InChI=1S/C23H20ClN3O4/c1-30-17-7-15(8-18(11-17)31-2)22(29)27-23-25-12-19-20(26-23)9-14(10-21(19)28)13-4-3-5-16(24)6-13/h3-8,11-12,14H,9-10H2,1-2H3,(H,25,26,27,29)/t14-/m0/s1. The number of fused-ring (bicyclic) bond motifs is 1. The molecule has 1 heterocycles. The Labute approximate surface area is 184 Å². The lowest BCUT2D eigenvalue weighted by atomic mass is 9.82. The number of anilines is 1. The van der Waals surface area contributed by atoms with Gasteiger partial charge in [0.15, 0.2) is 5.78 Å². The number of benzene rings is 2. The number of carbonyl (C=O) groups is 2. The van der Waals surface area contributed by atoms with Gasteiger partial charge in [0.2, 0.25) is 5.95 Å². The topological polar surface area (TPSA) is 90.4 Å². The Morgan fingerprint density at radius 3 is 2.52 bits per heavy atom. The van der Waals surface area contributed by atoms with Gasteiger partial charge in [-0.1, -0.05) is 23.7 Å². The van der Waals surface area contributed by atoms with Crippen molar-refractivity contribution >= 4 is 29.2 Å². The summed E-state index contributed by atoms with van der Waals surface area (Å²) in [5, 5.41) is 3.31. The first-order valence-electron chi connectivity index (χ1n) is 9.66. The van der Waals surface area contributed by atoms with Crippen molar-refractivity contribution in [2.24, 2.45) is 0 Å². The van der Waals surface area contributed by atoms with Crippen LogP contribution >= 0.6 is 11.6 Å². The lowest BCUT2D eigenvalue weighted by Crippen LogP contribution is -2.22. The van der Waals surface area contributed by atoms with E-state index in [4.69, 9.17) is 21.1 Å². The Kier molecular flexibility index (Phi) is 5.86. The van der Waals surface area contributed by atoms with Gasteiger partial charge in [0.05, 0.1) is 25.5 Å². The van der Waals surface area contributed by atoms with E-state index in [1.165, 1.54) is 20.4 Å². The maximum absolute atomic E-state index is 12.7. The molecule has 3 aromatic rings. The third-order valence-electron chi connectivity index (χ3n) is 5.20. The quantitative estimate of drug-likeness (QED) is 0.639. The number of ether oxygens (including phenoxy) is 2. The molecule has 0 radical (unpaired) electrons. The second-order valence-corrected chi connectivity index (χ2v) is 7.63. The van der Waals surface area contributed by atoms with Crippen molar-refractivity contribution in [3.8, 4) is 11.5 Å². The average molecular weight is 438 g/mol. The molecule has 7 nitrogen and oxygen atoms in total. The number of hydrogen-bond acceptors (Lipinski definition) is 6. The highest BCUT2D eigenvalue weighted by Gasteiger charge is 2.28. The van der Waals surface area contributed by atoms with E-state index in [9.17, 15) is 9.59 Å². The van der Waals surface area contributed by atoms with Crippen LogP contribution in [-0.2, 0) is 6.42 Å². The molecule has 1 N–H and O–H groups in total. The van der Waals surface area contributed by atoms with Crippen molar-refractivity contribution < 1.29 is 19.1 Å². The molecule has 1 aromatic heterocycles. The molecule has 0 unspecified atom stereocenters. The summed E-state index contributed by atoms with van der Waals surface area (Å²) in [6, 6.07) is 12.3. The van der Waals surface area contributed by atoms with Crippen LogP contribution in [0.5, 0.6) is 11.5 Å². The summed E-state index contributed by atoms with van der Waals surface area (Å²) in [4.78, 5) is 34.0. The van der Waals surface area contributed by atoms with Crippen molar-refractivity contribution in [3.63, 3.8) is 0 Å². The molecule has 0 aliphatic heterocycles. The van der Waals surface area contributed by atoms with Crippen LogP contribution in [0, 0.1) is 0 Å². The Balaban J connectivity index is 1.58. The Hall–Kier alpha value is -3.45. The molecule has 1 aliphatic rings. The van der Waals surface area contributed by atoms with Crippen LogP contribution in [0.3, 0.4) is 0 Å². The highest BCUT2D eigenvalue weighted by atomic mass is 35.5. The predicted molar refractivity (Wildman–Crippen MR) is 116 cm³/mol. The SMILES string of the molecule is COc1cc(OC)cc(C(=O)Nc2ncc3c(n2)C[C@H](c2cccc(Cl)c2)CC3=O)c1. The highest BCUT2D eigenvalue weighted by Crippen LogP contribution is 2.33. The van der Waals surface area contributed by atoms with Crippen molar-refractivity contribution in [2.75, 3.05) is 19.5 Å². The summed E-state index contributed by atoms with van der Waals surface area (Å²) in [6.07, 6.45) is 2.40. The number of halogens is 1. The van der Waals surface area contributed by atoms with Gasteiger partial charge in [-0.2, -0.15) is 0 Å². The molecular weight excluding hydrogens is 418 g/mol. The monoisotopic (exact) mass is 437 g/mol. The van der Waals surface area contributed by atoms with Gasteiger partial charge in [0.1, 0.15) is 11.5 Å². The third kappa shape index (κ3) is 4.51. The number of aromatic nitrogens is 2. The summed E-state index contributed by atoms with van der Waals surface area (Å²) in [5.41, 5.74) is 2.42. The largest absolute Gasteiger partial charge is 0.497 e. The van der Waals surface area contributed by atoms with Gasteiger partial charge < -0.3 is 9.47 Å². The molecular formula is C23H20ClN3O4. The summed E-state index contributed by atoms with van der Waals surface area (Å²) in [5.74, 6) is 0.647. The lowest BCUT2D eigenvalue weighted by molar-refractivity contribution is 0.0962. The van der Waals surface area contributed by atoms with Gasteiger partial charge in [0.25, 0.3) is 5.91 Å². The second-order valence-electron chi connectivity index (χ2n) is 7.19. The summed E-state index contributed by atoms with van der Waals surface area (Å²) < 4.78 is 10.4. The van der Waals surface area contributed by atoms with E-state index in [-0.39, 0.29) is 17.6 Å². The predicted octanol–water partition coefficient (Wildman–Crippen LogP) is 4.31. The Bertz CT molecular complexity index is 1140. The van der Waals surface area contributed by atoms with Crippen LogP contribution < -0.4 is 14.8 Å². The molecule has 1 amide bonds. The molecule has 0 spiro atoms. The van der Waals surface area contributed by atoms with Crippen LogP contribution in [0.1, 0.15) is 44.3 Å². The van der Waals surface area contributed by atoms with E-state index in [1.54, 1.807) is 24.3 Å². The Morgan fingerprint density at radius 2 is 1.84 bits per heavy atom. The zero-order valence-electron chi connectivity index (χ0n) is 17.0. The van der Waals surface area contributed by atoms with E-state index in [2.05, 4.69) is 15.3 Å². The van der Waals surface area contributed by atoms with Crippen molar-refractivity contribution in [1.82, 2.24) is 9.97 Å². The number of nitrogens with zero attached hydrogens (tertiary/aromatic N) is 2. The maximum atomic E-state index is 12.7. The van der Waals surface area contributed by atoms with E-state index in [0.717, 1.165) is 5.56 Å². The number of nitrogens with one attached hydrogen (secondary N) is 1. The van der Waals surface area contributed by atoms with Crippen LogP contribution in [0.25, 0.3) is 0 Å². The first-order chi connectivity index (χ1) is 15.0. The van der Waals surface area contributed by atoms with Crippen LogP contribution in [0.2, 0.25) is 5.02 Å². The van der Waals surface area contributed by atoms with Crippen molar-refractivity contribution in [3.05, 3.63) is 76.1 Å². The minimum absolute atomic E-state index is 0.0263. The molecule has 1 atom stereocenters. The van der Waals surface area contributed by atoms with Gasteiger partial charge in [-0.15, -0.1) is 0 Å². The fourth-order valence-corrected chi connectivity index (χ4v) is 3.81. The van der Waals surface area contributed by atoms with Crippen LogP contribution in [-0.4, -0.2) is 35.9 Å². The van der Waals surface area contributed by atoms with E-state index in [1.807, 2.05) is 18.2 Å². The zero-order chi connectivity index (χ0) is 22.0. The number of rotatable bonds is 5. The highest BCUT2D eigenvalue weighted by molar-refractivity contribution is 6.30. The van der Waals surface area contributed by atoms with Crippen molar-refractivity contribution in [1.29, 1.82) is 0 Å². The summed E-state index contributed by atoms with van der Waals surface area (Å²) in [6.45, 7) is 0. The number of methoxy groups -OCH3 is 2. The molecule has 0 fully saturated rings. The van der Waals surface area contributed by atoms with Gasteiger partial charge in [-0.3, -0.25) is 14.9 Å². The lowest BCUT2D eigenvalue weighted by Gasteiger charge is -2.23. The van der Waals surface area contributed by atoms with Crippen LogP contribution in [0.4, 0.5) is 5.95 Å². The fourth-order valence-electron chi connectivity index (χ4n) is 3.61. The Morgan fingerprint density at radius 1 is 1.10 bits per heavy atom. The van der Waals surface area contributed by atoms with Crippen LogP contribution in [0.15, 0.2) is 48.7 Å². The molecule has 0 saturated carbocycles. The molecule has 4 rings (SSSR count). The normalized spacial score (nSPS) is 15.2. The summed E-state index contributed by atoms with van der Waals surface area (Å²) in [7, 11) is 3.02. The zero-order valence-corrected chi connectivity index (χ0v) is 17.8. The van der Waals surface area contributed by atoms with Crippen molar-refractivity contribution in [2.45, 2.75) is 18.8 Å². The third-order valence-corrected chi connectivity index (χ3v) is 5.43. The van der Waals surface area contributed by atoms with E-state index >= 15 is 0 Å². The average Bonchev–Trinajstić information content (AvgIpc) is 2.78. The first-order valence-corrected chi connectivity index (χ1v) is 10.0. The van der Waals surface area contributed by atoms with Gasteiger partial charge in [-0.05, 0) is 42.2 Å². The molecule has 8 heteroatoms. The minimum Gasteiger partial charge on any atom is -0.497 e. The summed E-state index contributed by atoms with van der Waals surface area (Å²) >= 11 is 6.11. The molecule has 31 heavy (non-hydrogen) atoms. The number of Topliss-reactive ketones (excluding diaryl/α,β-unsaturated/α-hetero) is 1. The number of hydrogen-bond donors (Lipinski definition) is 1. The number of amides is 1. The van der Waals surface area contributed by atoms with Gasteiger partial charge >= 0.3 is 0 Å². The number of ketones is 1. The maximum Gasteiger partial charge on any atom is 0.258 e. The number of carbonyl (C=O) groups excluding carboxylic acids is 2. The van der Waals surface area contributed by atoms with E-state index in [0.29, 0.717) is 46.2 Å². The fraction of sp³-hybridized carbons (Fsp3) is 0.217. The molecule has 2 aromatic carbocycles. The minimum atomic E-state index is -0.411. The second kappa shape index (κ2) is 8.73. The molecule has 158 valence electrons. The van der Waals surface area contributed by atoms with Gasteiger partial charge in [-0.25, -0.2) is 9.97 Å². The molecule has 0 bridgehead atoms. The smallest absolute Gasteiger partial charge is 0.258 e. The molecule has 0 saturated heterocycles. The first kappa shape index (κ1) is 20.8. The van der Waals surface area contributed by atoms with E-state index < -0.39 is 5.91 Å². The molecule has 1 aliphatic carbocycles.